The van der Waals surface area contributed by atoms with Crippen molar-refractivity contribution in [3.05, 3.63) is 75.6 Å². The van der Waals surface area contributed by atoms with Crippen molar-refractivity contribution in [2.75, 3.05) is 0 Å². The van der Waals surface area contributed by atoms with Crippen LogP contribution < -0.4 is 4.80 Å². The van der Waals surface area contributed by atoms with E-state index >= 15 is 0 Å². The van der Waals surface area contributed by atoms with Crippen LogP contribution in [0.15, 0.2) is 54.0 Å². The molecule has 0 saturated carbocycles. The van der Waals surface area contributed by atoms with Crippen LogP contribution in [0, 0.1) is 13.8 Å². The molecule has 0 fully saturated rings. The minimum Gasteiger partial charge on any atom is -0.313 e. The Bertz CT molecular complexity index is 1030. The number of nitrogens with zero attached hydrogens (tertiary/aromatic N) is 2. The van der Waals surface area contributed by atoms with Crippen LogP contribution in [0.1, 0.15) is 16.7 Å². The van der Waals surface area contributed by atoms with Crippen LogP contribution >= 0.6 is 22.9 Å². The van der Waals surface area contributed by atoms with Crippen LogP contribution in [0.2, 0.25) is 5.02 Å². The number of carbonyl (C=O) groups is 1. The summed E-state index contributed by atoms with van der Waals surface area (Å²) in [4.78, 5) is 17.5. The van der Waals surface area contributed by atoms with E-state index in [4.69, 9.17) is 11.6 Å². The molecular formula is C20H19ClN2OS. The largest absolute Gasteiger partial charge is 0.313 e. The van der Waals surface area contributed by atoms with E-state index in [0.29, 0.717) is 22.8 Å². The molecule has 3 nitrogen and oxygen atoms in total. The van der Waals surface area contributed by atoms with E-state index in [0.717, 1.165) is 21.3 Å². The summed E-state index contributed by atoms with van der Waals surface area (Å²) in [6.45, 7) is 8.46. The zero-order chi connectivity index (χ0) is 18.0. The van der Waals surface area contributed by atoms with E-state index in [9.17, 15) is 4.79 Å². The number of allylic oxidation sites excluding steroid dienone is 1. The van der Waals surface area contributed by atoms with Gasteiger partial charge in [-0.3, -0.25) is 4.79 Å². The van der Waals surface area contributed by atoms with E-state index in [1.165, 1.54) is 16.9 Å². The van der Waals surface area contributed by atoms with Crippen molar-refractivity contribution in [2.45, 2.75) is 26.8 Å². The molecule has 1 amide bonds. The molecule has 0 radical (unpaired) electrons. The Hall–Kier alpha value is -2.17. The number of halogens is 1. The van der Waals surface area contributed by atoms with Gasteiger partial charge in [0.05, 0.1) is 16.6 Å². The summed E-state index contributed by atoms with van der Waals surface area (Å²) in [7, 11) is 0. The average molecular weight is 371 g/mol. The molecule has 1 aromatic heterocycles. The van der Waals surface area contributed by atoms with Gasteiger partial charge < -0.3 is 4.57 Å². The number of aryl methyl sites for hydroxylation is 2. The fourth-order valence-electron chi connectivity index (χ4n) is 2.79. The van der Waals surface area contributed by atoms with Gasteiger partial charge in [0.1, 0.15) is 0 Å². The summed E-state index contributed by atoms with van der Waals surface area (Å²) in [5.41, 5.74) is 4.33. The lowest BCUT2D eigenvalue weighted by Gasteiger charge is -2.04. The predicted octanol–water partition coefficient (Wildman–Crippen LogP) is 4.83. The van der Waals surface area contributed by atoms with Crippen molar-refractivity contribution in [1.82, 2.24) is 4.57 Å². The SMILES string of the molecule is C=CCn1c(=NC(=O)Cc2ccc(C)cc2C)sc2cc(Cl)ccc21. The Morgan fingerprint density at radius 2 is 2.08 bits per heavy atom. The number of rotatable bonds is 4. The van der Waals surface area contributed by atoms with Crippen molar-refractivity contribution in [1.29, 1.82) is 0 Å². The smallest absolute Gasteiger partial charge is 0.252 e. The number of fused-ring (bicyclic) bond motifs is 1. The lowest BCUT2D eigenvalue weighted by atomic mass is 10.0. The maximum Gasteiger partial charge on any atom is 0.252 e. The fraction of sp³-hybridized carbons (Fsp3) is 0.200. The first kappa shape index (κ1) is 17.6. The molecule has 0 aliphatic rings. The topological polar surface area (TPSA) is 34.4 Å². The highest BCUT2D eigenvalue weighted by Crippen LogP contribution is 2.22. The van der Waals surface area contributed by atoms with E-state index in [1.807, 2.05) is 48.7 Å². The Labute approximate surface area is 155 Å². The summed E-state index contributed by atoms with van der Waals surface area (Å²) < 4.78 is 3.00. The maximum absolute atomic E-state index is 12.5. The normalized spacial score (nSPS) is 11.9. The van der Waals surface area contributed by atoms with Crippen LogP contribution in [0.4, 0.5) is 0 Å². The van der Waals surface area contributed by atoms with Gasteiger partial charge in [-0.05, 0) is 43.2 Å². The van der Waals surface area contributed by atoms with Crippen LogP contribution in [-0.4, -0.2) is 10.5 Å². The highest BCUT2D eigenvalue weighted by molar-refractivity contribution is 7.16. The molecule has 0 bridgehead atoms. The molecule has 128 valence electrons. The second-order valence-electron chi connectivity index (χ2n) is 6.01. The summed E-state index contributed by atoms with van der Waals surface area (Å²) in [5, 5.41) is 0.674. The maximum atomic E-state index is 12.5. The number of benzene rings is 2. The Kier molecular flexibility index (Phi) is 5.21. The standard InChI is InChI=1S/C20H19ClN2OS/c1-4-9-23-17-8-7-16(21)12-18(17)25-20(23)22-19(24)11-15-6-5-13(2)10-14(15)3/h4-8,10,12H,1,9,11H2,2-3H3. The molecule has 0 aliphatic carbocycles. The van der Waals surface area contributed by atoms with E-state index in [2.05, 4.69) is 17.6 Å². The molecule has 0 unspecified atom stereocenters. The molecule has 0 aliphatic heterocycles. The second-order valence-corrected chi connectivity index (χ2v) is 7.45. The minimum atomic E-state index is -0.151. The molecule has 3 rings (SSSR count). The predicted molar refractivity (Wildman–Crippen MR) is 105 cm³/mol. The van der Waals surface area contributed by atoms with Crippen LogP contribution in [0.25, 0.3) is 10.2 Å². The number of hydrogen-bond donors (Lipinski definition) is 0. The molecule has 0 spiro atoms. The summed E-state index contributed by atoms with van der Waals surface area (Å²) >= 11 is 7.55. The van der Waals surface area contributed by atoms with E-state index in [1.54, 1.807) is 6.08 Å². The monoisotopic (exact) mass is 370 g/mol. The highest BCUT2D eigenvalue weighted by Gasteiger charge is 2.09. The van der Waals surface area contributed by atoms with Crippen molar-refractivity contribution < 1.29 is 4.79 Å². The van der Waals surface area contributed by atoms with Crippen molar-refractivity contribution in [3.63, 3.8) is 0 Å². The van der Waals surface area contributed by atoms with Gasteiger partial charge in [-0.1, -0.05) is 52.8 Å². The zero-order valence-electron chi connectivity index (χ0n) is 14.3. The highest BCUT2D eigenvalue weighted by atomic mass is 35.5. The van der Waals surface area contributed by atoms with Crippen molar-refractivity contribution in [3.8, 4) is 0 Å². The first-order chi connectivity index (χ1) is 12.0. The third-order valence-corrected chi connectivity index (χ3v) is 5.29. The molecule has 5 heteroatoms. The second kappa shape index (κ2) is 7.38. The van der Waals surface area contributed by atoms with Gasteiger partial charge in [0.2, 0.25) is 0 Å². The third kappa shape index (κ3) is 3.91. The Morgan fingerprint density at radius 3 is 2.80 bits per heavy atom. The zero-order valence-corrected chi connectivity index (χ0v) is 15.8. The van der Waals surface area contributed by atoms with Gasteiger partial charge in [0, 0.05) is 11.6 Å². The summed E-state index contributed by atoms with van der Waals surface area (Å²) in [6, 6.07) is 11.8. The van der Waals surface area contributed by atoms with Gasteiger partial charge in [-0.15, -0.1) is 6.58 Å². The van der Waals surface area contributed by atoms with E-state index < -0.39 is 0 Å². The summed E-state index contributed by atoms with van der Waals surface area (Å²) in [6.07, 6.45) is 2.10. The van der Waals surface area contributed by atoms with Gasteiger partial charge in [-0.25, -0.2) is 0 Å². The first-order valence-electron chi connectivity index (χ1n) is 8.01. The Morgan fingerprint density at radius 1 is 1.28 bits per heavy atom. The lowest BCUT2D eigenvalue weighted by molar-refractivity contribution is -0.117. The molecule has 25 heavy (non-hydrogen) atoms. The third-order valence-electron chi connectivity index (χ3n) is 4.02. The van der Waals surface area contributed by atoms with Gasteiger partial charge >= 0.3 is 0 Å². The molecule has 1 heterocycles. The molecule has 0 atom stereocenters. The first-order valence-corrected chi connectivity index (χ1v) is 9.21. The minimum absolute atomic E-state index is 0.151. The number of amides is 1. The summed E-state index contributed by atoms with van der Waals surface area (Å²) in [5.74, 6) is -0.151. The molecule has 3 aromatic rings. The molecular weight excluding hydrogens is 352 g/mol. The van der Waals surface area contributed by atoms with Gasteiger partial charge in [0.25, 0.3) is 5.91 Å². The number of hydrogen-bond acceptors (Lipinski definition) is 2. The molecule has 2 aromatic carbocycles. The number of aromatic nitrogens is 1. The fourth-order valence-corrected chi connectivity index (χ4v) is 4.12. The Balaban J connectivity index is 2.00. The quantitative estimate of drug-likeness (QED) is 0.606. The van der Waals surface area contributed by atoms with Crippen LogP contribution in [0.3, 0.4) is 0 Å². The van der Waals surface area contributed by atoms with Crippen LogP contribution in [-0.2, 0) is 17.8 Å². The van der Waals surface area contributed by atoms with Crippen molar-refractivity contribution >= 4 is 39.1 Å². The average Bonchev–Trinajstić information content (AvgIpc) is 2.87. The van der Waals surface area contributed by atoms with Gasteiger partial charge in [-0.2, -0.15) is 4.99 Å². The van der Waals surface area contributed by atoms with Crippen LogP contribution in [0.5, 0.6) is 0 Å². The molecule has 0 saturated heterocycles. The number of thiazole rings is 1. The lowest BCUT2D eigenvalue weighted by Crippen LogP contribution is -2.17. The molecule has 0 N–H and O–H groups in total. The number of carbonyl (C=O) groups excluding carboxylic acids is 1. The van der Waals surface area contributed by atoms with Crippen molar-refractivity contribution in [2.24, 2.45) is 4.99 Å². The van der Waals surface area contributed by atoms with E-state index in [-0.39, 0.29) is 5.91 Å². The van der Waals surface area contributed by atoms with Gasteiger partial charge in [0.15, 0.2) is 4.80 Å².